The summed E-state index contributed by atoms with van der Waals surface area (Å²) in [4.78, 5) is 2.74. The molecule has 0 aromatic heterocycles. The first kappa shape index (κ1) is 12.2. The summed E-state index contributed by atoms with van der Waals surface area (Å²) in [6.45, 7) is 5.07. The molecule has 2 aliphatic rings. The Balaban J connectivity index is 1.52. The van der Waals surface area contributed by atoms with Crippen LogP contribution in [0.4, 0.5) is 0 Å². The molecular formula is C16H24N2. The molecule has 1 aromatic rings. The van der Waals surface area contributed by atoms with E-state index in [-0.39, 0.29) is 0 Å². The number of hydrogen-bond donors (Lipinski definition) is 1. The van der Waals surface area contributed by atoms with Gasteiger partial charge in [-0.3, -0.25) is 4.90 Å². The molecule has 2 saturated heterocycles. The molecule has 3 rings (SSSR count). The molecule has 0 radical (unpaired) electrons. The summed E-state index contributed by atoms with van der Waals surface area (Å²) in [7, 11) is 0. The van der Waals surface area contributed by atoms with Gasteiger partial charge in [0.2, 0.25) is 0 Å². The zero-order chi connectivity index (χ0) is 12.2. The Kier molecular flexibility index (Phi) is 3.96. The third-order valence-electron chi connectivity index (χ3n) is 4.51. The molecule has 0 spiro atoms. The van der Waals surface area contributed by atoms with Crippen molar-refractivity contribution in [3.8, 4) is 0 Å². The van der Waals surface area contributed by atoms with Gasteiger partial charge in [0.1, 0.15) is 0 Å². The predicted molar refractivity (Wildman–Crippen MR) is 75.7 cm³/mol. The number of rotatable bonds is 3. The number of benzene rings is 1. The number of nitrogens with one attached hydrogen (secondary N) is 1. The molecule has 98 valence electrons. The van der Waals surface area contributed by atoms with Crippen LogP contribution in [0.25, 0.3) is 0 Å². The van der Waals surface area contributed by atoms with Gasteiger partial charge in [0.25, 0.3) is 0 Å². The Morgan fingerprint density at radius 1 is 1.06 bits per heavy atom. The zero-order valence-corrected chi connectivity index (χ0v) is 11.1. The Hall–Kier alpha value is -0.860. The first-order valence-electron chi connectivity index (χ1n) is 7.40. The topological polar surface area (TPSA) is 15.3 Å². The molecule has 1 N–H and O–H groups in total. The SMILES string of the molecule is c1ccc(C[C@H]2CCN(C3CCNCC3)C2)cc1. The van der Waals surface area contributed by atoms with Crippen molar-refractivity contribution in [2.45, 2.75) is 31.7 Å². The second-order valence-corrected chi connectivity index (χ2v) is 5.82. The van der Waals surface area contributed by atoms with Crippen LogP contribution in [0.1, 0.15) is 24.8 Å². The molecule has 2 fully saturated rings. The maximum Gasteiger partial charge on any atom is 0.0119 e. The van der Waals surface area contributed by atoms with Crippen LogP contribution < -0.4 is 5.32 Å². The first-order valence-corrected chi connectivity index (χ1v) is 7.40. The lowest BCUT2D eigenvalue weighted by Crippen LogP contribution is -2.42. The fourth-order valence-electron chi connectivity index (χ4n) is 3.48. The fourth-order valence-corrected chi connectivity index (χ4v) is 3.48. The second-order valence-electron chi connectivity index (χ2n) is 5.82. The number of hydrogen-bond acceptors (Lipinski definition) is 2. The lowest BCUT2D eigenvalue weighted by atomic mass is 9.98. The van der Waals surface area contributed by atoms with Crippen LogP contribution >= 0.6 is 0 Å². The smallest absolute Gasteiger partial charge is 0.0119 e. The lowest BCUT2D eigenvalue weighted by molar-refractivity contribution is 0.192. The highest BCUT2D eigenvalue weighted by atomic mass is 15.2. The minimum absolute atomic E-state index is 0.854. The second kappa shape index (κ2) is 5.85. The van der Waals surface area contributed by atoms with Gasteiger partial charge in [-0.2, -0.15) is 0 Å². The molecular weight excluding hydrogens is 220 g/mol. The number of piperidine rings is 1. The number of nitrogens with zero attached hydrogens (tertiary/aromatic N) is 1. The monoisotopic (exact) mass is 244 g/mol. The fraction of sp³-hybridized carbons (Fsp3) is 0.625. The van der Waals surface area contributed by atoms with Crippen LogP contribution in [0.3, 0.4) is 0 Å². The molecule has 2 heterocycles. The van der Waals surface area contributed by atoms with Crippen LogP contribution in [0, 0.1) is 5.92 Å². The van der Waals surface area contributed by atoms with Crippen molar-refractivity contribution in [1.82, 2.24) is 10.2 Å². The highest BCUT2D eigenvalue weighted by molar-refractivity contribution is 5.15. The Morgan fingerprint density at radius 2 is 1.83 bits per heavy atom. The summed E-state index contributed by atoms with van der Waals surface area (Å²) in [6, 6.07) is 11.8. The van der Waals surface area contributed by atoms with Crippen molar-refractivity contribution in [2.75, 3.05) is 26.2 Å². The van der Waals surface area contributed by atoms with Crippen LogP contribution in [-0.2, 0) is 6.42 Å². The van der Waals surface area contributed by atoms with E-state index in [1.54, 1.807) is 0 Å². The molecule has 18 heavy (non-hydrogen) atoms. The summed E-state index contributed by atoms with van der Waals surface area (Å²) >= 11 is 0. The number of likely N-dealkylation sites (tertiary alicyclic amines) is 1. The maximum absolute atomic E-state index is 3.46. The molecule has 0 bridgehead atoms. The zero-order valence-electron chi connectivity index (χ0n) is 11.1. The quantitative estimate of drug-likeness (QED) is 0.877. The summed E-state index contributed by atoms with van der Waals surface area (Å²) < 4.78 is 0. The standard InChI is InChI=1S/C16H24N2/c1-2-4-14(5-3-1)12-15-8-11-18(13-15)16-6-9-17-10-7-16/h1-5,15-17H,6-13H2/t15-/m1/s1. The normalized spacial score (nSPS) is 26.6. The molecule has 0 saturated carbocycles. The highest BCUT2D eigenvalue weighted by Crippen LogP contribution is 2.25. The van der Waals surface area contributed by atoms with Crippen LogP contribution in [0.15, 0.2) is 30.3 Å². The van der Waals surface area contributed by atoms with E-state index in [2.05, 4.69) is 40.5 Å². The van der Waals surface area contributed by atoms with E-state index in [0.29, 0.717) is 0 Å². The van der Waals surface area contributed by atoms with Gasteiger partial charge >= 0.3 is 0 Å². The minimum atomic E-state index is 0.854. The van der Waals surface area contributed by atoms with Crippen molar-refractivity contribution in [2.24, 2.45) is 5.92 Å². The van der Waals surface area contributed by atoms with E-state index in [1.165, 1.54) is 57.4 Å². The summed E-state index contributed by atoms with van der Waals surface area (Å²) in [5.74, 6) is 0.877. The van der Waals surface area contributed by atoms with Crippen molar-refractivity contribution < 1.29 is 0 Å². The van der Waals surface area contributed by atoms with Gasteiger partial charge in [0, 0.05) is 12.6 Å². The minimum Gasteiger partial charge on any atom is -0.317 e. The van der Waals surface area contributed by atoms with Gasteiger partial charge in [0.05, 0.1) is 0 Å². The molecule has 2 nitrogen and oxygen atoms in total. The molecule has 1 aromatic carbocycles. The molecule has 1 atom stereocenters. The van der Waals surface area contributed by atoms with Gasteiger partial charge < -0.3 is 5.32 Å². The van der Waals surface area contributed by atoms with E-state index >= 15 is 0 Å². The van der Waals surface area contributed by atoms with E-state index in [9.17, 15) is 0 Å². The van der Waals surface area contributed by atoms with E-state index in [1.807, 2.05) is 0 Å². The largest absolute Gasteiger partial charge is 0.317 e. The molecule has 2 heteroatoms. The Labute approximate surface area is 110 Å². The van der Waals surface area contributed by atoms with Crippen molar-refractivity contribution in [3.05, 3.63) is 35.9 Å². The lowest BCUT2D eigenvalue weighted by Gasteiger charge is -2.31. The van der Waals surface area contributed by atoms with Crippen molar-refractivity contribution in [3.63, 3.8) is 0 Å². The third-order valence-corrected chi connectivity index (χ3v) is 4.51. The summed E-state index contributed by atoms with van der Waals surface area (Å²) in [5.41, 5.74) is 1.51. The third kappa shape index (κ3) is 2.93. The van der Waals surface area contributed by atoms with E-state index < -0.39 is 0 Å². The highest BCUT2D eigenvalue weighted by Gasteiger charge is 2.28. The van der Waals surface area contributed by atoms with Gasteiger partial charge in [-0.15, -0.1) is 0 Å². The Morgan fingerprint density at radius 3 is 2.61 bits per heavy atom. The van der Waals surface area contributed by atoms with E-state index in [4.69, 9.17) is 0 Å². The molecule has 0 aliphatic carbocycles. The van der Waals surface area contributed by atoms with Crippen molar-refractivity contribution in [1.29, 1.82) is 0 Å². The average molecular weight is 244 g/mol. The maximum atomic E-state index is 3.46. The van der Waals surface area contributed by atoms with Gasteiger partial charge in [0.15, 0.2) is 0 Å². The molecule has 2 aliphatic heterocycles. The van der Waals surface area contributed by atoms with Crippen LogP contribution in [0.5, 0.6) is 0 Å². The van der Waals surface area contributed by atoms with Crippen LogP contribution in [-0.4, -0.2) is 37.1 Å². The van der Waals surface area contributed by atoms with Crippen LogP contribution in [0.2, 0.25) is 0 Å². The predicted octanol–water partition coefficient (Wildman–Crippen LogP) is 2.30. The van der Waals surface area contributed by atoms with Crippen molar-refractivity contribution >= 4 is 0 Å². The average Bonchev–Trinajstić information content (AvgIpc) is 2.89. The van der Waals surface area contributed by atoms with Gasteiger partial charge in [-0.25, -0.2) is 0 Å². The van der Waals surface area contributed by atoms with Gasteiger partial charge in [-0.05, 0) is 56.8 Å². The van der Waals surface area contributed by atoms with E-state index in [0.717, 1.165) is 12.0 Å². The molecule has 0 amide bonds. The van der Waals surface area contributed by atoms with Gasteiger partial charge in [-0.1, -0.05) is 30.3 Å². The molecule has 0 unspecified atom stereocenters. The summed E-state index contributed by atoms with van der Waals surface area (Å²) in [5, 5.41) is 3.46. The summed E-state index contributed by atoms with van der Waals surface area (Å²) in [6.07, 6.45) is 5.34. The first-order chi connectivity index (χ1) is 8.92. The Bertz CT molecular complexity index is 357.